The lowest BCUT2D eigenvalue weighted by Gasteiger charge is -2.47. The molecule has 88 valence electrons. The van der Waals surface area contributed by atoms with Gasteiger partial charge in [0.15, 0.2) is 0 Å². The van der Waals surface area contributed by atoms with Gasteiger partial charge in [0.25, 0.3) is 0 Å². The maximum atomic E-state index is 6.54. The van der Waals surface area contributed by atoms with Crippen LogP contribution in [0.5, 0.6) is 0 Å². The zero-order valence-electron chi connectivity index (χ0n) is 8.94. The number of hydrogen-bond acceptors (Lipinski definition) is 0. The summed E-state index contributed by atoms with van der Waals surface area (Å²) in [6.45, 7) is 4.40. The number of alkyl halides is 3. The van der Waals surface area contributed by atoms with Gasteiger partial charge in [0.2, 0.25) is 0 Å². The molecule has 0 saturated heterocycles. The van der Waals surface area contributed by atoms with E-state index in [1.54, 1.807) is 5.54 Å². The molecule has 0 spiro atoms. The van der Waals surface area contributed by atoms with Crippen LogP contribution in [0, 0.1) is 11.3 Å². The summed E-state index contributed by atoms with van der Waals surface area (Å²) in [7, 11) is 0. The summed E-state index contributed by atoms with van der Waals surface area (Å²) in [6.07, 6.45) is 3.82. The van der Waals surface area contributed by atoms with Gasteiger partial charge in [-0.05, 0) is 24.2 Å². The van der Waals surface area contributed by atoms with Crippen molar-refractivity contribution in [3.8, 4) is 0 Å². The van der Waals surface area contributed by atoms with E-state index in [4.69, 9.17) is 34.8 Å². The van der Waals surface area contributed by atoms with Crippen LogP contribution < -0.4 is 0 Å². The molecule has 0 aromatic heterocycles. The topological polar surface area (TPSA) is 0 Å². The smallest absolute Gasteiger partial charge is 0.0714 e. The average Bonchev–Trinajstić information content (AvgIpc) is 2.15. The highest BCUT2D eigenvalue weighted by Gasteiger charge is 2.48. The SMILES string of the molecule is C[C@@H]1C[C@H](Cl)[C@@](Cl)(CBr)C[C@]1(C)/C=C/Cl. The van der Waals surface area contributed by atoms with E-state index in [1.807, 2.05) is 6.08 Å². The summed E-state index contributed by atoms with van der Waals surface area (Å²) in [5, 5.41) is 0.735. The van der Waals surface area contributed by atoms with Crippen LogP contribution in [0.1, 0.15) is 26.7 Å². The molecule has 1 saturated carbocycles. The molecule has 4 atom stereocenters. The van der Waals surface area contributed by atoms with Crippen molar-refractivity contribution in [1.29, 1.82) is 0 Å². The lowest BCUT2D eigenvalue weighted by molar-refractivity contribution is 0.165. The molecule has 1 aliphatic carbocycles. The Bertz CT molecular complexity index is 256. The Hall–Kier alpha value is 1.09. The minimum atomic E-state index is -0.362. The fraction of sp³-hybridized carbons (Fsp3) is 0.818. The van der Waals surface area contributed by atoms with Gasteiger partial charge in [0.1, 0.15) is 0 Å². The maximum Gasteiger partial charge on any atom is 0.0714 e. The Balaban J connectivity index is 2.94. The fourth-order valence-electron chi connectivity index (χ4n) is 2.21. The molecule has 0 unspecified atom stereocenters. The van der Waals surface area contributed by atoms with Gasteiger partial charge in [-0.1, -0.05) is 47.5 Å². The number of allylic oxidation sites excluding steroid dienone is 1. The molecule has 0 aromatic rings. The minimum absolute atomic E-state index is 0.0188. The van der Waals surface area contributed by atoms with Crippen LogP contribution in [0.2, 0.25) is 0 Å². The fourth-order valence-corrected chi connectivity index (χ4v) is 4.07. The lowest BCUT2D eigenvalue weighted by atomic mass is 9.64. The van der Waals surface area contributed by atoms with E-state index in [0.29, 0.717) is 11.2 Å². The van der Waals surface area contributed by atoms with Crippen molar-refractivity contribution in [3.63, 3.8) is 0 Å². The van der Waals surface area contributed by atoms with Crippen molar-refractivity contribution >= 4 is 50.7 Å². The van der Waals surface area contributed by atoms with Crippen molar-refractivity contribution in [2.45, 2.75) is 36.9 Å². The van der Waals surface area contributed by atoms with Crippen molar-refractivity contribution in [3.05, 3.63) is 11.6 Å². The number of rotatable bonds is 2. The molecular weight excluding hydrogens is 318 g/mol. The van der Waals surface area contributed by atoms with Gasteiger partial charge in [-0.3, -0.25) is 0 Å². The summed E-state index contributed by atoms with van der Waals surface area (Å²) >= 11 is 22.0. The third-order valence-corrected chi connectivity index (χ3v) is 6.28. The molecule has 1 aliphatic rings. The van der Waals surface area contributed by atoms with Gasteiger partial charge in [-0.15, -0.1) is 23.2 Å². The van der Waals surface area contributed by atoms with Crippen LogP contribution in [-0.2, 0) is 0 Å². The lowest BCUT2D eigenvalue weighted by Crippen LogP contribution is -2.48. The predicted octanol–water partition coefficient (Wildman–Crippen LogP) is 5.16. The summed E-state index contributed by atoms with van der Waals surface area (Å²) < 4.78 is 0. The second-order valence-corrected chi connectivity index (χ2v) is 6.84. The minimum Gasteiger partial charge on any atom is -0.121 e. The van der Waals surface area contributed by atoms with Crippen molar-refractivity contribution in [1.82, 2.24) is 0 Å². The maximum absolute atomic E-state index is 6.54. The van der Waals surface area contributed by atoms with E-state index in [0.717, 1.165) is 12.8 Å². The molecule has 0 aromatic carbocycles. The number of halogens is 4. The molecular formula is C11H16BrCl3. The zero-order valence-corrected chi connectivity index (χ0v) is 12.8. The van der Waals surface area contributed by atoms with E-state index < -0.39 is 0 Å². The van der Waals surface area contributed by atoms with E-state index in [2.05, 4.69) is 29.8 Å². The first-order chi connectivity index (χ1) is 6.88. The highest BCUT2D eigenvalue weighted by atomic mass is 79.9. The van der Waals surface area contributed by atoms with Crippen LogP contribution in [0.4, 0.5) is 0 Å². The summed E-state index contributed by atoms with van der Waals surface area (Å²) in [6, 6.07) is 0. The van der Waals surface area contributed by atoms with Gasteiger partial charge in [0, 0.05) is 10.9 Å². The molecule has 4 heteroatoms. The highest BCUT2D eigenvalue weighted by Crippen LogP contribution is 2.51. The van der Waals surface area contributed by atoms with E-state index in [9.17, 15) is 0 Å². The van der Waals surface area contributed by atoms with E-state index in [1.165, 1.54) is 0 Å². The Labute approximate surface area is 115 Å². The molecule has 0 radical (unpaired) electrons. The summed E-state index contributed by atoms with van der Waals surface area (Å²) in [5.74, 6) is 0.501. The zero-order chi connectivity index (χ0) is 11.7. The summed E-state index contributed by atoms with van der Waals surface area (Å²) in [4.78, 5) is -0.362. The standard InChI is InChI=1S/C11H16BrCl3/c1-8-5-9(14)11(15,7-12)6-10(8,2)3-4-13/h3-4,8-9H,5-7H2,1-2H3/b4-3+/t8-,9+,10+,11+/m1/s1. The quantitative estimate of drug-likeness (QED) is 0.612. The highest BCUT2D eigenvalue weighted by molar-refractivity contribution is 9.09. The van der Waals surface area contributed by atoms with Gasteiger partial charge >= 0.3 is 0 Å². The van der Waals surface area contributed by atoms with Crippen molar-refractivity contribution in [2.24, 2.45) is 11.3 Å². The molecule has 0 N–H and O–H groups in total. The molecule has 0 bridgehead atoms. The average molecular weight is 335 g/mol. The predicted molar refractivity (Wildman–Crippen MR) is 73.5 cm³/mol. The Kier molecular flexibility index (Phi) is 4.87. The Morgan fingerprint density at radius 1 is 1.53 bits per heavy atom. The third-order valence-electron chi connectivity index (χ3n) is 3.59. The van der Waals surface area contributed by atoms with Crippen molar-refractivity contribution < 1.29 is 0 Å². The monoisotopic (exact) mass is 332 g/mol. The van der Waals surface area contributed by atoms with E-state index >= 15 is 0 Å². The normalized spacial score (nSPS) is 47.3. The van der Waals surface area contributed by atoms with Gasteiger partial charge in [-0.25, -0.2) is 0 Å². The summed E-state index contributed by atoms with van der Waals surface area (Å²) in [5.41, 5.74) is 1.64. The first-order valence-electron chi connectivity index (χ1n) is 5.05. The van der Waals surface area contributed by atoms with Crippen LogP contribution in [-0.4, -0.2) is 15.6 Å². The molecule has 1 rings (SSSR count). The molecule has 15 heavy (non-hydrogen) atoms. The molecule has 0 aliphatic heterocycles. The van der Waals surface area contributed by atoms with E-state index in [-0.39, 0.29) is 15.7 Å². The second kappa shape index (κ2) is 5.16. The van der Waals surface area contributed by atoms with Crippen LogP contribution in [0.15, 0.2) is 11.6 Å². The largest absolute Gasteiger partial charge is 0.121 e. The van der Waals surface area contributed by atoms with Crippen molar-refractivity contribution in [2.75, 3.05) is 5.33 Å². The molecule has 0 heterocycles. The second-order valence-electron chi connectivity index (χ2n) is 4.75. The Morgan fingerprint density at radius 2 is 2.13 bits per heavy atom. The van der Waals surface area contributed by atoms with Crippen LogP contribution >= 0.6 is 50.7 Å². The Morgan fingerprint density at radius 3 is 2.60 bits per heavy atom. The molecule has 0 amide bonds. The van der Waals surface area contributed by atoms with Crippen LogP contribution in [0.3, 0.4) is 0 Å². The van der Waals surface area contributed by atoms with Crippen LogP contribution in [0.25, 0.3) is 0 Å². The number of hydrogen-bond donors (Lipinski definition) is 0. The van der Waals surface area contributed by atoms with Gasteiger partial charge in [0.05, 0.1) is 10.3 Å². The van der Waals surface area contributed by atoms with Gasteiger partial charge < -0.3 is 0 Å². The first kappa shape index (κ1) is 14.2. The van der Waals surface area contributed by atoms with Gasteiger partial charge in [-0.2, -0.15) is 0 Å². The molecule has 1 fully saturated rings. The third kappa shape index (κ3) is 2.86. The first-order valence-corrected chi connectivity index (χ1v) is 7.42. The molecule has 0 nitrogen and oxygen atoms in total.